The molecule has 0 atom stereocenters. The van der Waals surface area contributed by atoms with Crippen LogP contribution in [0.3, 0.4) is 0 Å². The first-order chi connectivity index (χ1) is 15.7. The van der Waals surface area contributed by atoms with E-state index in [2.05, 4.69) is 0 Å². The number of amides is 2. The van der Waals surface area contributed by atoms with Gasteiger partial charge >= 0.3 is 5.97 Å². The standard InChI is InChI=1S/C22H15N3O6S2/c1-3-31-21(30)13-12-14(25(20(13)29)10-6-4-9(2)5-7-10)16(27)18-17(15(12)26)32-22(33-18)11(8-23)19(24)28/h4-7,27H,3H2,1-2H3,(H2,24,28)/b22-11-. The lowest BCUT2D eigenvalue weighted by molar-refractivity contribution is -0.137. The van der Waals surface area contributed by atoms with E-state index in [1.165, 1.54) is 0 Å². The van der Waals surface area contributed by atoms with Crippen LogP contribution in [0, 0.1) is 27.3 Å². The molecular formula is C22H15N3O6S2. The number of aromatic hydroxyl groups is 1. The summed E-state index contributed by atoms with van der Waals surface area (Å²) in [5, 5.41) is 20.1. The molecular weight excluding hydrogens is 466 g/mol. The first kappa shape index (κ1) is 22.2. The molecule has 0 spiro atoms. The highest BCUT2D eigenvalue weighted by Gasteiger charge is 2.39. The first-order valence-electron chi connectivity index (χ1n) is 9.56. The number of nitriles is 1. The maximum absolute atomic E-state index is 13.5. The fourth-order valence-corrected chi connectivity index (χ4v) is 6.00. The van der Waals surface area contributed by atoms with Crippen LogP contribution in [0.5, 0.6) is 5.75 Å². The number of fused-ring (bicyclic) bond motifs is 1. The molecule has 166 valence electrons. The number of primary amides is 1. The van der Waals surface area contributed by atoms with Crippen molar-refractivity contribution >= 4 is 63.0 Å². The third-order valence-corrected chi connectivity index (χ3v) is 7.53. The van der Waals surface area contributed by atoms with Crippen LogP contribution < -0.4 is 25.1 Å². The van der Waals surface area contributed by atoms with Crippen LogP contribution in [-0.4, -0.2) is 29.5 Å². The molecule has 1 aromatic rings. The monoisotopic (exact) mass is 481 g/mol. The first-order valence-corrected chi connectivity index (χ1v) is 11.2. The van der Waals surface area contributed by atoms with Gasteiger partial charge in [0, 0.05) is 5.69 Å². The van der Waals surface area contributed by atoms with Crippen LogP contribution in [0.1, 0.15) is 12.5 Å². The van der Waals surface area contributed by atoms with Crippen molar-refractivity contribution in [1.82, 2.24) is 0 Å². The Labute approximate surface area is 193 Å². The van der Waals surface area contributed by atoms with Gasteiger partial charge in [0.1, 0.15) is 26.7 Å². The zero-order chi connectivity index (χ0) is 24.0. The van der Waals surface area contributed by atoms with Gasteiger partial charge < -0.3 is 15.6 Å². The Hall–Kier alpha value is -4.01. The Kier molecular flexibility index (Phi) is 5.49. The fraction of sp³-hybridized carbons (Fsp3) is 0.136. The summed E-state index contributed by atoms with van der Waals surface area (Å²) >= 11 is 1.61. The highest BCUT2D eigenvalue weighted by Crippen LogP contribution is 2.37. The molecule has 0 aromatic heterocycles. The quantitative estimate of drug-likeness (QED) is 0.514. The third-order valence-electron chi connectivity index (χ3n) is 4.93. The summed E-state index contributed by atoms with van der Waals surface area (Å²) in [5.74, 6) is -3.20. The molecule has 2 heterocycles. The van der Waals surface area contributed by atoms with Crippen molar-refractivity contribution in [2.45, 2.75) is 13.8 Å². The lowest BCUT2D eigenvalue weighted by atomic mass is 10.2. The molecule has 3 aliphatic rings. The van der Waals surface area contributed by atoms with Crippen LogP contribution in [-0.2, 0) is 19.1 Å². The van der Waals surface area contributed by atoms with Gasteiger partial charge in [-0.05, 0) is 26.0 Å². The summed E-state index contributed by atoms with van der Waals surface area (Å²) in [5.41, 5.74) is 4.81. The molecule has 0 saturated heterocycles. The van der Waals surface area contributed by atoms with Gasteiger partial charge in [0.25, 0.3) is 11.8 Å². The number of carbonyl (C=O) groups is 3. The summed E-state index contributed by atoms with van der Waals surface area (Å²) < 4.78 is 5.19. The summed E-state index contributed by atoms with van der Waals surface area (Å²) in [7, 11) is 0. The molecule has 4 rings (SSSR count). The second-order valence-corrected chi connectivity index (χ2v) is 9.27. The minimum absolute atomic E-state index is 0.0133. The number of rotatable bonds is 4. The van der Waals surface area contributed by atoms with Gasteiger partial charge in [0.15, 0.2) is 5.75 Å². The average Bonchev–Trinajstić information content (AvgIpc) is 3.33. The number of benzene rings is 1. The Bertz CT molecular complexity index is 1640. The van der Waals surface area contributed by atoms with Crippen LogP contribution >= 0.6 is 22.7 Å². The van der Waals surface area contributed by atoms with Gasteiger partial charge in [-0.15, -0.1) is 22.7 Å². The average molecular weight is 482 g/mol. The molecule has 2 amide bonds. The largest absolute Gasteiger partial charge is 0.504 e. The number of hydrogen-bond donors (Lipinski definition) is 2. The summed E-state index contributed by atoms with van der Waals surface area (Å²) in [6.45, 7) is 3.39. The molecule has 11 heteroatoms. The summed E-state index contributed by atoms with van der Waals surface area (Å²) in [6, 6.07) is 8.43. The van der Waals surface area contributed by atoms with E-state index < -0.39 is 34.5 Å². The summed E-state index contributed by atoms with van der Waals surface area (Å²) in [6.07, 6.45) is 0. The molecule has 0 saturated carbocycles. The number of aryl methyl sites for hydroxylation is 1. The van der Waals surface area contributed by atoms with Crippen molar-refractivity contribution in [2.24, 2.45) is 5.73 Å². The van der Waals surface area contributed by atoms with E-state index in [4.69, 9.17) is 10.5 Å². The van der Waals surface area contributed by atoms with E-state index in [0.717, 1.165) is 33.1 Å². The molecule has 33 heavy (non-hydrogen) atoms. The van der Waals surface area contributed by atoms with Gasteiger partial charge in [-0.25, -0.2) is 4.79 Å². The number of anilines is 2. The second-order valence-electron chi connectivity index (χ2n) is 6.97. The molecule has 0 bridgehead atoms. The van der Waals surface area contributed by atoms with Gasteiger partial charge in [-0.3, -0.25) is 19.3 Å². The van der Waals surface area contributed by atoms with Crippen LogP contribution in [0.2, 0.25) is 0 Å². The van der Waals surface area contributed by atoms with Crippen LogP contribution in [0.4, 0.5) is 11.4 Å². The van der Waals surface area contributed by atoms with Crippen molar-refractivity contribution in [2.75, 3.05) is 11.5 Å². The zero-order valence-corrected chi connectivity index (χ0v) is 18.9. The molecule has 1 aliphatic carbocycles. The van der Waals surface area contributed by atoms with E-state index in [0.29, 0.717) is 5.69 Å². The van der Waals surface area contributed by atoms with Gasteiger partial charge in [0.05, 0.1) is 20.9 Å². The highest BCUT2D eigenvalue weighted by atomic mass is 32.2. The van der Waals surface area contributed by atoms with Crippen molar-refractivity contribution < 1.29 is 24.2 Å². The second kappa shape index (κ2) is 8.16. The number of hydrogen-bond acceptors (Lipinski definition) is 9. The van der Waals surface area contributed by atoms with Crippen molar-refractivity contribution in [3.8, 4) is 11.8 Å². The van der Waals surface area contributed by atoms with E-state index >= 15 is 0 Å². The van der Waals surface area contributed by atoms with Crippen LogP contribution in [0.15, 0.2) is 29.1 Å². The molecule has 1 aromatic carbocycles. The predicted molar refractivity (Wildman–Crippen MR) is 121 cm³/mol. The lowest BCUT2D eigenvalue weighted by Gasteiger charge is -2.19. The molecule has 9 nitrogen and oxygen atoms in total. The van der Waals surface area contributed by atoms with E-state index in [1.807, 2.05) is 6.92 Å². The maximum Gasteiger partial charge on any atom is 0.344 e. The summed E-state index contributed by atoms with van der Waals surface area (Å²) in [4.78, 5) is 52.1. The molecule has 0 unspecified atom stereocenters. The van der Waals surface area contributed by atoms with Crippen molar-refractivity contribution in [3.63, 3.8) is 0 Å². The number of ether oxygens (including phenoxy) is 1. The normalized spacial score (nSPS) is 13.7. The van der Waals surface area contributed by atoms with Crippen molar-refractivity contribution in [3.05, 3.63) is 58.2 Å². The van der Waals surface area contributed by atoms with Gasteiger partial charge in [0.2, 0.25) is 5.43 Å². The molecule has 2 aliphatic heterocycles. The SMILES string of the molecule is CCOC(=O)C1=c2c(c(O)c3s/c(=C(/C#N)C(N)=O)sc=3c2=O)N(c2ccc(C)cc2)C1=O. The Morgan fingerprint density at radius 2 is 1.82 bits per heavy atom. The molecule has 0 radical (unpaired) electrons. The predicted octanol–water partition coefficient (Wildman–Crippen LogP) is 0.460. The van der Waals surface area contributed by atoms with Crippen LogP contribution in [0.25, 0.3) is 11.1 Å². The zero-order valence-electron chi connectivity index (χ0n) is 17.3. The Balaban J connectivity index is 2.19. The van der Waals surface area contributed by atoms with E-state index in [9.17, 15) is 29.5 Å². The Morgan fingerprint density at radius 3 is 2.39 bits per heavy atom. The van der Waals surface area contributed by atoms with E-state index in [1.54, 1.807) is 37.3 Å². The number of esters is 1. The van der Waals surface area contributed by atoms with Crippen molar-refractivity contribution in [1.29, 1.82) is 5.26 Å². The minimum atomic E-state index is -0.990. The fourth-order valence-electron chi connectivity index (χ4n) is 3.46. The number of nitrogens with two attached hydrogens (primary N) is 1. The minimum Gasteiger partial charge on any atom is -0.504 e. The molecule has 0 fully saturated rings. The highest BCUT2D eigenvalue weighted by molar-refractivity contribution is 7.25. The van der Waals surface area contributed by atoms with E-state index in [-0.39, 0.29) is 36.0 Å². The maximum atomic E-state index is 13.5. The molecule has 3 N–H and O–H groups in total. The number of nitrogens with zero attached hydrogens (tertiary/aromatic N) is 2. The van der Waals surface area contributed by atoms with Gasteiger partial charge in [-0.2, -0.15) is 5.26 Å². The topological polar surface area (TPSA) is 151 Å². The third kappa shape index (κ3) is 3.36. The van der Waals surface area contributed by atoms with Gasteiger partial charge in [-0.1, -0.05) is 17.7 Å². The smallest absolute Gasteiger partial charge is 0.344 e. The Morgan fingerprint density at radius 1 is 1.18 bits per heavy atom. The lowest BCUT2D eigenvalue weighted by Crippen LogP contribution is -2.29. The number of carbonyl (C=O) groups excluding carboxylic acids is 3.